The predicted molar refractivity (Wildman–Crippen MR) is 73.1 cm³/mol. The van der Waals surface area contributed by atoms with Crippen molar-refractivity contribution in [1.29, 1.82) is 0 Å². The summed E-state index contributed by atoms with van der Waals surface area (Å²) < 4.78 is 11.0. The summed E-state index contributed by atoms with van der Waals surface area (Å²) >= 11 is 0. The molecule has 1 aliphatic heterocycles. The highest BCUT2D eigenvalue weighted by molar-refractivity contribution is 5.21. The lowest BCUT2D eigenvalue weighted by Gasteiger charge is -2.25. The van der Waals surface area contributed by atoms with E-state index in [-0.39, 0.29) is 0 Å². The second-order valence-corrected chi connectivity index (χ2v) is 5.09. The molecular formula is C13H24N4O2. The quantitative estimate of drug-likeness (QED) is 0.755. The average Bonchev–Trinajstić information content (AvgIpc) is 2.89. The summed E-state index contributed by atoms with van der Waals surface area (Å²) in [6, 6.07) is 0.611. The molecule has 0 unspecified atom stereocenters. The van der Waals surface area contributed by atoms with E-state index < -0.39 is 0 Å². The van der Waals surface area contributed by atoms with Crippen molar-refractivity contribution in [3.05, 3.63) is 5.89 Å². The van der Waals surface area contributed by atoms with Crippen molar-refractivity contribution >= 4 is 6.01 Å². The molecule has 1 aromatic heterocycles. The van der Waals surface area contributed by atoms with E-state index in [1.54, 1.807) is 0 Å². The van der Waals surface area contributed by atoms with Crippen LogP contribution in [0.1, 0.15) is 32.1 Å². The summed E-state index contributed by atoms with van der Waals surface area (Å²) in [4.78, 5) is 2.05. The minimum absolute atomic E-state index is 0.611. The number of nitrogens with one attached hydrogen (secondary N) is 1. The Morgan fingerprint density at radius 3 is 2.84 bits per heavy atom. The highest BCUT2D eigenvalue weighted by atomic mass is 16.5. The van der Waals surface area contributed by atoms with Gasteiger partial charge in [-0.05, 0) is 31.7 Å². The predicted octanol–water partition coefficient (Wildman–Crippen LogP) is 1.43. The number of nitrogens with zero attached hydrogens (tertiary/aromatic N) is 3. The number of aromatic nitrogens is 2. The number of ether oxygens (including phenoxy) is 1. The Balaban J connectivity index is 1.79. The Hall–Kier alpha value is -1.14. The number of rotatable bonds is 7. The van der Waals surface area contributed by atoms with Crippen molar-refractivity contribution in [2.45, 2.75) is 32.7 Å². The normalized spacial score (nSPS) is 16.7. The first-order valence-electron chi connectivity index (χ1n) is 7.11. The largest absolute Gasteiger partial charge is 0.407 e. The van der Waals surface area contributed by atoms with Crippen LogP contribution in [0.3, 0.4) is 0 Å². The van der Waals surface area contributed by atoms with Crippen LogP contribution in [0, 0.1) is 5.92 Å². The van der Waals surface area contributed by atoms with Gasteiger partial charge in [0.15, 0.2) is 0 Å². The zero-order valence-electron chi connectivity index (χ0n) is 11.9. The van der Waals surface area contributed by atoms with E-state index in [9.17, 15) is 0 Å². The van der Waals surface area contributed by atoms with Crippen LogP contribution >= 0.6 is 0 Å². The molecule has 0 aromatic carbocycles. The highest BCUT2D eigenvalue weighted by Crippen LogP contribution is 2.18. The fraction of sp³-hybridized carbons (Fsp3) is 0.846. The molecule has 2 heterocycles. The molecule has 1 N–H and O–H groups in total. The van der Waals surface area contributed by atoms with Gasteiger partial charge in [0.25, 0.3) is 0 Å². The first kappa shape index (κ1) is 14.3. The smallest absolute Gasteiger partial charge is 0.317 e. The molecule has 1 aliphatic rings. The molecule has 0 atom stereocenters. The van der Waals surface area contributed by atoms with Crippen molar-refractivity contribution in [2.24, 2.45) is 5.92 Å². The van der Waals surface area contributed by atoms with E-state index in [1.807, 2.05) is 11.9 Å². The molecule has 2 rings (SSSR count). The first-order chi connectivity index (χ1) is 9.29. The second kappa shape index (κ2) is 7.45. The molecule has 0 saturated carbocycles. The molecule has 0 spiro atoms. The van der Waals surface area contributed by atoms with E-state index in [0.717, 1.165) is 45.6 Å². The minimum atomic E-state index is 0.611. The molecule has 6 heteroatoms. The van der Waals surface area contributed by atoms with Gasteiger partial charge < -0.3 is 19.4 Å². The van der Waals surface area contributed by atoms with Crippen LogP contribution < -0.4 is 10.2 Å². The maximum atomic E-state index is 5.64. The molecule has 0 radical (unpaired) electrons. The van der Waals surface area contributed by atoms with E-state index in [1.165, 1.54) is 0 Å². The van der Waals surface area contributed by atoms with Gasteiger partial charge >= 0.3 is 6.01 Å². The lowest BCUT2D eigenvalue weighted by Crippen LogP contribution is -2.29. The van der Waals surface area contributed by atoms with Gasteiger partial charge in [0.1, 0.15) is 0 Å². The molecule has 6 nitrogen and oxygen atoms in total. The fourth-order valence-corrected chi connectivity index (χ4v) is 2.24. The molecule has 108 valence electrons. The second-order valence-electron chi connectivity index (χ2n) is 5.09. The number of anilines is 1. The van der Waals surface area contributed by atoms with Crippen molar-refractivity contribution in [2.75, 3.05) is 38.3 Å². The molecule has 1 fully saturated rings. The first-order valence-corrected chi connectivity index (χ1v) is 7.11. The molecule has 1 aromatic rings. The van der Waals surface area contributed by atoms with Crippen LogP contribution in [0.4, 0.5) is 6.01 Å². The molecular weight excluding hydrogens is 244 g/mol. The van der Waals surface area contributed by atoms with Gasteiger partial charge in [0.05, 0.1) is 6.54 Å². The molecule has 0 amide bonds. The van der Waals surface area contributed by atoms with Gasteiger partial charge in [-0.25, -0.2) is 0 Å². The summed E-state index contributed by atoms with van der Waals surface area (Å²) in [7, 11) is 2.01. The zero-order chi connectivity index (χ0) is 13.5. The standard InChI is InChI=1S/C13H24N4O2/c1-3-6-14-9-12-15-16-13(19-12)17(2)10-11-4-7-18-8-5-11/h11,14H,3-10H2,1-2H3. The van der Waals surface area contributed by atoms with Crippen molar-refractivity contribution in [1.82, 2.24) is 15.5 Å². The van der Waals surface area contributed by atoms with E-state index in [0.29, 0.717) is 24.4 Å². The molecule has 1 saturated heterocycles. The Bertz CT molecular complexity index is 363. The van der Waals surface area contributed by atoms with Crippen LogP contribution in [0.5, 0.6) is 0 Å². The van der Waals surface area contributed by atoms with E-state index in [2.05, 4.69) is 22.4 Å². The van der Waals surface area contributed by atoms with Crippen LogP contribution in [0.15, 0.2) is 4.42 Å². The van der Waals surface area contributed by atoms with Gasteiger partial charge in [0, 0.05) is 26.8 Å². The fourth-order valence-electron chi connectivity index (χ4n) is 2.24. The Labute approximate surface area is 114 Å². The Kier molecular flexibility index (Phi) is 5.60. The van der Waals surface area contributed by atoms with Gasteiger partial charge in [-0.2, -0.15) is 0 Å². The number of hydrogen-bond acceptors (Lipinski definition) is 6. The topological polar surface area (TPSA) is 63.4 Å². The summed E-state index contributed by atoms with van der Waals surface area (Å²) in [5, 5.41) is 11.4. The van der Waals surface area contributed by atoms with Gasteiger partial charge in [-0.15, -0.1) is 5.10 Å². The third-order valence-electron chi connectivity index (χ3n) is 3.36. The van der Waals surface area contributed by atoms with Gasteiger partial charge in [0.2, 0.25) is 5.89 Å². The van der Waals surface area contributed by atoms with Crippen molar-refractivity contribution < 1.29 is 9.15 Å². The lowest BCUT2D eigenvalue weighted by molar-refractivity contribution is 0.0682. The maximum absolute atomic E-state index is 5.64. The molecule has 0 aliphatic carbocycles. The average molecular weight is 268 g/mol. The Morgan fingerprint density at radius 2 is 2.11 bits per heavy atom. The molecule has 0 bridgehead atoms. The molecule has 19 heavy (non-hydrogen) atoms. The zero-order valence-corrected chi connectivity index (χ0v) is 11.9. The lowest BCUT2D eigenvalue weighted by atomic mass is 10.0. The van der Waals surface area contributed by atoms with E-state index in [4.69, 9.17) is 9.15 Å². The minimum Gasteiger partial charge on any atom is -0.407 e. The number of hydrogen-bond donors (Lipinski definition) is 1. The summed E-state index contributed by atoms with van der Waals surface area (Å²) in [6.07, 6.45) is 3.33. The van der Waals surface area contributed by atoms with Gasteiger partial charge in [-0.3, -0.25) is 0 Å². The highest BCUT2D eigenvalue weighted by Gasteiger charge is 2.18. The van der Waals surface area contributed by atoms with Crippen LogP contribution in [0.25, 0.3) is 0 Å². The monoisotopic (exact) mass is 268 g/mol. The maximum Gasteiger partial charge on any atom is 0.317 e. The van der Waals surface area contributed by atoms with Crippen molar-refractivity contribution in [3.8, 4) is 0 Å². The summed E-state index contributed by atoms with van der Waals surface area (Å²) in [6.45, 7) is 6.44. The van der Waals surface area contributed by atoms with Crippen LogP contribution in [-0.4, -0.2) is 43.5 Å². The third kappa shape index (κ3) is 4.47. The Morgan fingerprint density at radius 1 is 1.32 bits per heavy atom. The summed E-state index contributed by atoms with van der Waals surface area (Å²) in [5.74, 6) is 1.31. The van der Waals surface area contributed by atoms with Crippen LogP contribution in [-0.2, 0) is 11.3 Å². The van der Waals surface area contributed by atoms with Crippen LogP contribution in [0.2, 0.25) is 0 Å². The third-order valence-corrected chi connectivity index (χ3v) is 3.36. The van der Waals surface area contributed by atoms with Crippen molar-refractivity contribution in [3.63, 3.8) is 0 Å². The summed E-state index contributed by atoms with van der Waals surface area (Å²) in [5.41, 5.74) is 0. The SMILES string of the molecule is CCCNCc1nnc(N(C)CC2CCOCC2)o1. The van der Waals surface area contributed by atoms with E-state index >= 15 is 0 Å². The van der Waals surface area contributed by atoms with Gasteiger partial charge in [-0.1, -0.05) is 12.0 Å².